The number of carbonyl (C=O) groups excluding carboxylic acids is 2. The van der Waals surface area contributed by atoms with Gasteiger partial charge in [0.05, 0.1) is 0 Å². The molecule has 0 bridgehead atoms. The summed E-state index contributed by atoms with van der Waals surface area (Å²) >= 11 is 7.66. The Morgan fingerprint density at radius 2 is 1.80 bits per heavy atom. The highest BCUT2D eigenvalue weighted by Gasteiger charge is 2.44. The van der Waals surface area contributed by atoms with Crippen LogP contribution in [0.3, 0.4) is 0 Å². The predicted octanol–water partition coefficient (Wildman–Crippen LogP) is 4.31. The minimum absolute atomic E-state index is 0.0450. The Labute approximate surface area is 245 Å². The van der Waals surface area contributed by atoms with E-state index in [0.29, 0.717) is 72.3 Å². The first-order valence-corrected chi connectivity index (χ1v) is 16.6. The average molecular weight is 609 g/mol. The standard InChI is InChI=1S/C28H37ClN4O5S2/c1-20-6-7-24(15-26(20)29)33(28(35)38-25-8-12-31(13-9-25)21(2)34)11-4-10-30-16-22-18-32(19-23(22)17-30)40(36,37)27-5-3-14-39-27/h3,5-7,14-15,22-23,25H,4,8-13,16-19H2,1-2H3. The molecule has 0 aliphatic carbocycles. The second-order valence-corrected chi connectivity index (χ2v) is 14.6. The molecule has 0 radical (unpaired) electrons. The van der Waals surface area contributed by atoms with E-state index in [1.807, 2.05) is 19.1 Å². The molecule has 2 unspecified atom stereocenters. The van der Waals surface area contributed by atoms with Gasteiger partial charge in [-0.3, -0.25) is 9.69 Å². The van der Waals surface area contributed by atoms with Crippen LogP contribution in [0.25, 0.3) is 0 Å². The number of carbonyl (C=O) groups is 2. The number of benzene rings is 1. The molecule has 1 aromatic carbocycles. The maximum atomic E-state index is 13.3. The van der Waals surface area contributed by atoms with Crippen molar-refractivity contribution in [3.63, 3.8) is 0 Å². The van der Waals surface area contributed by atoms with Crippen LogP contribution >= 0.6 is 22.9 Å². The molecule has 9 nitrogen and oxygen atoms in total. The summed E-state index contributed by atoms with van der Waals surface area (Å²) in [5.74, 6) is 0.698. The molecule has 3 saturated heterocycles. The second kappa shape index (κ2) is 12.4. The van der Waals surface area contributed by atoms with Gasteiger partial charge in [0.25, 0.3) is 10.0 Å². The van der Waals surface area contributed by atoms with Crippen molar-refractivity contribution < 1.29 is 22.7 Å². The normalized spacial score (nSPS) is 22.4. The number of nitrogens with zero attached hydrogens (tertiary/aromatic N) is 4. The molecule has 5 rings (SSSR count). The summed E-state index contributed by atoms with van der Waals surface area (Å²) in [6, 6.07) is 9.05. The Balaban J connectivity index is 1.15. The zero-order valence-corrected chi connectivity index (χ0v) is 25.4. The Morgan fingerprint density at radius 1 is 1.10 bits per heavy atom. The summed E-state index contributed by atoms with van der Waals surface area (Å²) in [4.78, 5) is 30.8. The molecule has 0 saturated carbocycles. The fourth-order valence-electron chi connectivity index (χ4n) is 5.99. The molecule has 2 atom stereocenters. The molecule has 3 aliphatic rings. The second-order valence-electron chi connectivity index (χ2n) is 11.1. The molecule has 2 amide bonds. The zero-order chi connectivity index (χ0) is 28.4. The van der Waals surface area contributed by atoms with Gasteiger partial charge in [0, 0.05) is 76.3 Å². The number of ether oxygens (including phenoxy) is 1. The van der Waals surface area contributed by atoms with Gasteiger partial charge in [-0.2, -0.15) is 4.31 Å². The molecule has 0 spiro atoms. The Kier molecular flexibility index (Phi) is 9.06. The van der Waals surface area contributed by atoms with Gasteiger partial charge in [-0.1, -0.05) is 23.7 Å². The summed E-state index contributed by atoms with van der Waals surface area (Å²) in [5, 5.41) is 2.39. The molecule has 40 heavy (non-hydrogen) atoms. The van der Waals surface area contributed by atoms with Crippen LogP contribution in [0.2, 0.25) is 5.02 Å². The van der Waals surface area contributed by atoms with Crippen molar-refractivity contribution in [3.05, 3.63) is 46.3 Å². The molecular weight excluding hydrogens is 572 g/mol. The zero-order valence-electron chi connectivity index (χ0n) is 23.0. The molecule has 4 heterocycles. The van der Waals surface area contributed by atoms with E-state index in [9.17, 15) is 18.0 Å². The first kappa shape index (κ1) is 29.3. The van der Waals surface area contributed by atoms with Gasteiger partial charge in [-0.05, 0) is 60.9 Å². The molecule has 2 aromatic rings. The van der Waals surface area contributed by atoms with Gasteiger partial charge in [0.1, 0.15) is 10.3 Å². The van der Waals surface area contributed by atoms with Crippen LogP contribution in [0.5, 0.6) is 0 Å². The van der Waals surface area contributed by atoms with Gasteiger partial charge in [-0.15, -0.1) is 11.3 Å². The summed E-state index contributed by atoms with van der Waals surface area (Å²) in [6.45, 7) is 8.79. The van der Waals surface area contributed by atoms with Crippen LogP contribution in [-0.4, -0.2) is 93.0 Å². The molecule has 12 heteroatoms. The van der Waals surface area contributed by atoms with Crippen LogP contribution in [-0.2, 0) is 19.6 Å². The number of sulfonamides is 1. The topological polar surface area (TPSA) is 90.5 Å². The maximum absolute atomic E-state index is 13.3. The molecule has 3 aliphatic heterocycles. The number of thiophene rings is 1. The summed E-state index contributed by atoms with van der Waals surface area (Å²) in [6.07, 6.45) is 1.39. The summed E-state index contributed by atoms with van der Waals surface area (Å²) in [5.41, 5.74) is 1.64. The highest BCUT2D eigenvalue weighted by Crippen LogP contribution is 2.35. The third kappa shape index (κ3) is 6.49. The van der Waals surface area contributed by atoms with E-state index in [0.717, 1.165) is 31.6 Å². The van der Waals surface area contributed by atoms with E-state index < -0.39 is 16.1 Å². The summed E-state index contributed by atoms with van der Waals surface area (Å²) < 4.78 is 33.8. The number of rotatable bonds is 8. The lowest BCUT2D eigenvalue weighted by Gasteiger charge is -2.32. The van der Waals surface area contributed by atoms with E-state index in [1.54, 1.807) is 44.6 Å². The van der Waals surface area contributed by atoms with E-state index >= 15 is 0 Å². The minimum atomic E-state index is -3.40. The number of piperidine rings is 1. The van der Waals surface area contributed by atoms with Gasteiger partial charge >= 0.3 is 6.09 Å². The van der Waals surface area contributed by atoms with E-state index in [4.69, 9.17) is 16.3 Å². The van der Waals surface area contributed by atoms with Gasteiger partial charge < -0.3 is 14.5 Å². The van der Waals surface area contributed by atoms with Crippen molar-refractivity contribution >= 4 is 50.6 Å². The van der Waals surface area contributed by atoms with Crippen molar-refractivity contribution in [3.8, 4) is 0 Å². The SMILES string of the molecule is CC(=O)N1CCC(OC(=O)N(CCCN2CC3CN(S(=O)(=O)c4cccs4)CC3C2)c2ccc(C)c(Cl)c2)CC1. The number of anilines is 1. The van der Waals surface area contributed by atoms with E-state index in [-0.39, 0.29) is 12.0 Å². The molecule has 1 aromatic heterocycles. The van der Waals surface area contributed by atoms with Crippen molar-refractivity contribution in [2.45, 2.75) is 43.4 Å². The smallest absolute Gasteiger partial charge is 0.414 e. The molecular formula is C28H37ClN4O5S2. The van der Waals surface area contributed by atoms with Crippen LogP contribution in [0.15, 0.2) is 39.9 Å². The van der Waals surface area contributed by atoms with Gasteiger partial charge in [-0.25, -0.2) is 13.2 Å². The maximum Gasteiger partial charge on any atom is 0.414 e. The van der Waals surface area contributed by atoms with Crippen molar-refractivity contribution in [2.75, 3.05) is 57.3 Å². The van der Waals surface area contributed by atoms with Gasteiger partial charge in [0.2, 0.25) is 5.91 Å². The highest BCUT2D eigenvalue weighted by molar-refractivity contribution is 7.91. The van der Waals surface area contributed by atoms with Crippen molar-refractivity contribution in [1.82, 2.24) is 14.1 Å². The highest BCUT2D eigenvalue weighted by atomic mass is 35.5. The van der Waals surface area contributed by atoms with Gasteiger partial charge in [0.15, 0.2) is 0 Å². The number of likely N-dealkylation sites (tertiary alicyclic amines) is 2. The third-order valence-electron chi connectivity index (χ3n) is 8.32. The Hall–Kier alpha value is -2.18. The van der Waals surface area contributed by atoms with Crippen molar-refractivity contribution in [2.24, 2.45) is 11.8 Å². The number of hydrogen-bond donors (Lipinski definition) is 0. The first-order chi connectivity index (χ1) is 19.1. The number of amides is 2. The fraction of sp³-hybridized carbons (Fsp3) is 0.571. The Morgan fingerprint density at radius 3 is 2.40 bits per heavy atom. The largest absolute Gasteiger partial charge is 0.446 e. The van der Waals surface area contributed by atoms with E-state index in [1.165, 1.54) is 11.3 Å². The van der Waals surface area contributed by atoms with Crippen LogP contribution in [0, 0.1) is 18.8 Å². The fourth-order valence-corrected chi connectivity index (χ4v) is 8.86. The van der Waals surface area contributed by atoms with Crippen molar-refractivity contribution in [1.29, 1.82) is 0 Å². The van der Waals surface area contributed by atoms with Crippen LogP contribution in [0.4, 0.5) is 10.5 Å². The number of hydrogen-bond acceptors (Lipinski definition) is 7. The molecule has 0 N–H and O–H groups in total. The lowest BCUT2D eigenvalue weighted by Crippen LogP contribution is -2.43. The number of fused-ring (bicyclic) bond motifs is 1. The monoisotopic (exact) mass is 608 g/mol. The lowest BCUT2D eigenvalue weighted by molar-refractivity contribution is -0.130. The predicted molar refractivity (Wildman–Crippen MR) is 156 cm³/mol. The minimum Gasteiger partial charge on any atom is -0.446 e. The third-order valence-corrected chi connectivity index (χ3v) is 11.9. The molecule has 218 valence electrons. The summed E-state index contributed by atoms with van der Waals surface area (Å²) in [7, 11) is -3.40. The number of aryl methyl sites for hydroxylation is 1. The van der Waals surface area contributed by atoms with E-state index in [2.05, 4.69) is 4.90 Å². The average Bonchev–Trinajstić information content (AvgIpc) is 3.66. The lowest BCUT2D eigenvalue weighted by atomic mass is 10.0. The quantitative estimate of drug-likeness (QED) is 0.444. The molecule has 3 fully saturated rings. The van der Waals surface area contributed by atoms with Crippen LogP contribution in [0.1, 0.15) is 31.7 Å². The Bertz CT molecular complexity index is 1300. The number of halogens is 1. The first-order valence-electron chi connectivity index (χ1n) is 13.9. The van der Waals surface area contributed by atoms with Crippen LogP contribution < -0.4 is 4.90 Å².